The molecule has 32 heavy (non-hydrogen) atoms. The van der Waals surface area contributed by atoms with Crippen LogP contribution in [0.3, 0.4) is 0 Å². The number of hydrogen-bond acceptors (Lipinski definition) is 4. The number of hydrogen-bond donors (Lipinski definition) is 1. The smallest absolute Gasteiger partial charge is 0.252 e. The van der Waals surface area contributed by atoms with E-state index in [2.05, 4.69) is 11.4 Å². The summed E-state index contributed by atoms with van der Waals surface area (Å²) in [5.41, 5.74) is 5.02. The minimum absolute atomic E-state index is 0.186. The minimum Gasteiger partial charge on any atom is -0.344 e. The molecule has 1 aromatic heterocycles. The van der Waals surface area contributed by atoms with Crippen LogP contribution in [0.4, 0.5) is 0 Å². The molecule has 1 unspecified atom stereocenters. The van der Waals surface area contributed by atoms with Gasteiger partial charge in [-0.25, -0.2) is 4.98 Å². The zero-order valence-corrected chi connectivity index (χ0v) is 18.6. The van der Waals surface area contributed by atoms with Gasteiger partial charge in [-0.2, -0.15) is 17.0 Å². The average Bonchev–Trinajstić information content (AvgIpc) is 2.84. The summed E-state index contributed by atoms with van der Waals surface area (Å²) in [6.07, 6.45) is 2.22. The number of fused-ring (bicyclic) bond motifs is 1. The molecule has 5 heteroatoms. The van der Waals surface area contributed by atoms with Gasteiger partial charge in [-0.3, -0.25) is 4.79 Å². The van der Waals surface area contributed by atoms with Crippen LogP contribution in [0.5, 0.6) is 0 Å². The Labute approximate surface area is 192 Å². The zero-order chi connectivity index (χ0) is 22.3. The molecule has 3 aromatic carbocycles. The molecule has 158 valence electrons. The maximum atomic E-state index is 13.7. The third-order valence-electron chi connectivity index (χ3n) is 5.36. The first-order valence-corrected chi connectivity index (χ1v) is 11.8. The van der Waals surface area contributed by atoms with E-state index >= 15 is 0 Å². The predicted octanol–water partition coefficient (Wildman–Crippen LogP) is 6.15. The lowest BCUT2D eigenvalue weighted by atomic mass is 9.96. The van der Waals surface area contributed by atoms with Gasteiger partial charge < -0.3 is 5.32 Å². The highest BCUT2D eigenvalue weighted by Gasteiger charge is 2.23. The lowest BCUT2D eigenvalue weighted by Gasteiger charge is -2.20. The van der Waals surface area contributed by atoms with Gasteiger partial charge in [0, 0.05) is 22.3 Å². The van der Waals surface area contributed by atoms with Crippen molar-refractivity contribution in [1.29, 1.82) is 5.26 Å². The molecule has 1 amide bonds. The number of nitrogens with one attached hydrogen (secondary N) is 1. The summed E-state index contributed by atoms with van der Waals surface area (Å²) in [4.78, 5) is 18.7. The first-order valence-electron chi connectivity index (χ1n) is 10.4. The van der Waals surface area contributed by atoms with Crippen molar-refractivity contribution in [3.63, 3.8) is 0 Å². The maximum Gasteiger partial charge on any atom is 0.252 e. The molecule has 0 fully saturated rings. The average molecular weight is 438 g/mol. The van der Waals surface area contributed by atoms with E-state index < -0.39 is 0 Å². The molecule has 0 spiro atoms. The number of carbonyl (C=O) groups is 1. The van der Waals surface area contributed by atoms with Crippen molar-refractivity contribution >= 4 is 28.6 Å². The molecular weight excluding hydrogens is 414 g/mol. The van der Waals surface area contributed by atoms with E-state index in [1.165, 1.54) is 0 Å². The molecule has 0 saturated carbocycles. The van der Waals surface area contributed by atoms with E-state index in [0.29, 0.717) is 11.3 Å². The lowest BCUT2D eigenvalue weighted by molar-refractivity contribution is 0.0938. The normalized spacial score (nSPS) is 11.6. The highest BCUT2D eigenvalue weighted by Crippen LogP contribution is 2.33. The second-order valence-electron chi connectivity index (χ2n) is 7.43. The summed E-state index contributed by atoms with van der Waals surface area (Å²) < 4.78 is 0. The molecule has 0 bridgehead atoms. The predicted molar refractivity (Wildman–Crippen MR) is 131 cm³/mol. The highest BCUT2D eigenvalue weighted by atomic mass is 32.2. The third kappa shape index (κ3) is 4.51. The highest BCUT2D eigenvalue weighted by molar-refractivity contribution is 7.97. The van der Waals surface area contributed by atoms with E-state index in [1.807, 2.05) is 91.2 Å². The molecule has 0 aliphatic carbocycles. The number of aromatic nitrogens is 1. The van der Waals surface area contributed by atoms with Crippen LogP contribution in [-0.2, 0) is 5.75 Å². The quantitative estimate of drug-likeness (QED) is 0.377. The number of nitrogens with zero attached hydrogens (tertiary/aromatic N) is 2. The number of para-hydroxylation sites is 1. The molecule has 0 aliphatic heterocycles. The van der Waals surface area contributed by atoms with Gasteiger partial charge in [0.05, 0.1) is 35.3 Å². The second-order valence-corrected chi connectivity index (χ2v) is 8.30. The van der Waals surface area contributed by atoms with Crippen molar-refractivity contribution in [3.8, 4) is 17.3 Å². The summed E-state index contributed by atoms with van der Waals surface area (Å²) >= 11 is 1.66. The topological polar surface area (TPSA) is 65.8 Å². The molecule has 1 heterocycles. The number of amides is 1. The van der Waals surface area contributed by atoms with Gasteiger partial charge in [0.15, 0.2) is 0 Å². The van der Waals surface area contributed by atoms with Crippen LogP contribution in [0, 0.1) is 11.3 Å². The van der Waals surface area contributed by atoms with Crippen molar-refractivity contribution in [2.24, 2.45) is 0 Å². The van der Waals surface area contributed by atoms with Gasteiger partial charge in [0.2, 0.25) is 0 Å². The van der Waals surface area contributed by atoms with Crippen molar-refractivity contribution in [2.75, 3.05) is 6.26 Å². The summed E-state index contributed by atoms with van der Waals surface area (Å²) in [5, 5.41) is 13.3. The molecule has 4 aromatic rings. The zero-order valence-electron chi connectivity index (χ0n) is 17.8. The molecule has 4 nitrogen and oxygen atoms in total. The Kier molecular flexibility index (Phi) is 6.84. The largest absolute Gasteiger partial charge is 0.344 e. The van der Waals surface area contributed by atoms with Crippen LogP contribution in [0.1, 0.15) is 33.9 Å². The van der Waals surface area contributed by atoms with Gasteiger partial charge in [0.1, 0.15) is 0 Å². The lowest BCUT2D eigenvalue weighted by Crippen LogP contribution is -2.29. The number of nitriles is 1. The van der Waals surface area contributed by atoms with Gasteiger partial charge >= 0.3 is 0 Å². The van der Waals surface area contributed by atoms with Gasteiger partial charge in [-0.15, -0.1) is 0 Å². The molecule has 0 aliphatic rings. The Morgan fingerprint density at radius 1 is 1.00 bits per heavy atom. The summed E-state index contributed by atoms with van der Waals surface area (Å²) in [5.74, 6) is 0.466. The number of thioether (sulfide) groups is 1. The Morgan fingerprint density at radius 3 is 2.34 bits per heavy atom. The first kappa shape index (κ1) is 21.6. The number of pyridine rings is 1. The third-order valence-corrected chi connectivity index (χ3v) is 5.94. The van der Waals surface area contributed by atoms with Crippen LogP contribution in [-0.4, -0.2) is 17.1 Å². The Bertz CT molecular complexity index is 1270. The van der Waals surface area contributed by atoms with E-state index in [-0.39, 0.29) is 18.4 Å². The van der Waals surface area contributed by atoms with Crippen molar-refractivity contribution < 1.29 is 4.79 Å². The monoisotopic (exact) mass is 437 g/mol. The van der Waals surface area contributed by atoms with Gasteiger partial charge in [-0.1, -0.05) is 78.9 Å². The van der Waals surface area contributed by atoms with E-state index in [0.717, 1.165) is 33.3 Å². The summed E-state index contributed by atoms with van der Waals surface area (Å²) in [6.45, 7) is 0. The fourth-order valence-electron chi connectivity index (χ4n) is 3.89. The van der Waals surface area contributed by atoms with Gasteiger partial charge in [0.25, 0.3) is 5.91 Å². The fraction of sp³-hybridized carbons (Fsp3) is 0.148. The Balaban J connectivity index is 1.87. The number of carbonyl (C=O) groups excluding carboxylic acids is 1. The maximum absolute atomic E-state index is 13.7. The van der Waals surface area contributed by atoms with Crippen LogP contribution in [0.25, 0.3) is 22.2 Å². The SMILES string of the molecule is CSCc1c(-c2ccccc2)nc2ccccc2c1C(=O)NC(CC#N)c1ccccc1. The molecule has 4 rings (SSSR count). The Hall–Kier alpha value is -3.62. The summed E-state index contributed by atoms with van der Waals surface area (Å²) in [6, 6.07) is 29.2. The van der Waals surface area contributed by atoms with Crippen LogP contribution >= 0.6 is 11.8 Å². The van der Waals surface area contributed by atoms with Crippen molar-refractivity contribution in [3.05, 3.63) is 102 Å². The van der Waals surface area contributed by atoms with Crippen molar-refractivity contribution in [2.45, 2.75) is 18.2 Å². The van der Waals surface area contributed by atoms with E-state index in [9.17, 15) is 10.1 Å². The number of benzene rings is 3. The van der Waals surface area contributed by atoms with Gasteiger partial charge in [-0.05, 0) is 17.9 Å². The molecule has 1 N–H and O–H groups in total. The van der Waals surface area contributed by atoms with Crippen molar-refractivity contribution in [1.82, 2.24) is 10.3 Å². The Morgan fingerprint density at radius 2 is 1.66 bits per heavy atom. The molecule has 1 atom stereocenters. The fourth-order valence-corrected chi connectivity index (χ4v) is 4.46. The molecule has 0 saturated heterocycles. The van der Waals surface area contributed by atoms with Crippen LogP contribution < -0.4 is 5.32 Å². The first-order chi connectivity index (χ1) is 15.7. The molecular formula is C27H23N3OS. The standard InChI is InChI=1S/C27H23N3OS/c1-32-18-22-25(27(31)30-23(16-17-28)19-10-4-2-5-11-19)21-14-8-9-15-24(21)29-26(22)20-12-6-3-7-13-20/h2-15,23H,16,18H2,1H3,(H,30,31). The number of rotatable bonds is 7. The van der Waals surface area contributed by atoms with E-state index in [4.69, 9.17) is 4.98 Å². The minimum atomic E-state index is -0.386. The second kappa shape index (κ2) is 10.1. The van der Waals surface area contributed by atoms with Crippen LogP contribution in [0.15, 0.2) is 84.9 Å². The van der Waals surface area contributed by atoms with E-state index in [1.54, 1.807) is 11.8 Å². The molecule has 0 radical (unpaired) electrons. The van der Waals surface area contributed by atoms with Crippen LogP contribution in [0.2, 0.25) is 0 Å². The summed E-state index contributed by atoms with van der Waals surface area (Å²) in [7, 11) is 0.